The van der Waals surface area contributed by atoms with Crippen molar-refractivity contribution in [2.45, 2.75) is 51.1 Å². The standard InChI is InChI=1S/C18H20FN3OS.C2HF3O2/c1-12-20-15(11-24-12)10-22-16-6-7-21(17(16)8-18(22)23)9-13-2-4-14(19)5-3-13;3-2(4,5)1(6)7/h2-5,11,16-17H,6-10H2,1H3;(H,6,7)/t16-,17+;/m0./s1. The third-order valence-electron chi connectivity index (χ3n) is 5.27. The molecule has 1 aromatic carbocycles. The summed E-state index contributed by atoms with van der Waals surface area (Å²) in [4.78, 5) is 30.2. The molecule has 1 N–H and O–H groups in total. The molecule has 2 aliphatic rings. The van der Waals surface area contributed by atoms with Crippen molar-refractivity contribution >= 4 is 23.2 Å². The summed E-state index contributed by atoms with van der Waals surface area (Å²) < 4.78 is 44.8. The highest BCUT2D eigenvalue weighted by atomic mass is 32.1. The highest BCUT2D eigenvalue weighted by molar-refractivity contribution is 7.09. The molecule has 168 valence electrons. The van der Waals surface area contributed by atoms with Gasteiger partial charge in [0.1, 0.15) is 5.82 Å². The average Bonchev–Trinajstić information content (AvgIpc) is 3.35. The molecule has 0 radical (unpaired) electrons. The SMILES string of the molecule is Cc1nc(CN2C(=O)C[C@@H]3[C@@H]2CCN3Cc2ccc(F)cc2)cs1.O=C(O)C(F)(F)F. The Kier molecular flexibility index (Phi) is 6.95. The summed E-state index contributed by atoms with van der Waals surface area (Å²) >= 11 is 1.63. The molecule has 6 nitrogen and oxygen atoms in total. The van der Waals surface area contributed by atoms with Crippen LogP contribution in [0, 0.1) is 12.7 Å². The summed E-state index contributed by atoms with van der Waals surface area (Å²) in [5.74, 6) is -2.74. The van der Waals surface area contributed by atoms with Crippen LogP contribution in [0.3, 0.4) is 0 Å². The lowest BCUT2D eigenvalue weighted by molar-refractivity contribution is -0.192. The summed E-state index contributed by atoms with van der Waals surface area (Å²) in [5, 5.41) is 10.2. The fourth-order valence-corrected chi connectivity index (χ4v) is 4.49. The number of nitrogens with zero attached hydrogens (tertiary/aromatic N) is 3. The predicted molar refractivity (Wildman–Crippen MR) is 105 cm³/mol. The van der Waals surface area contributed by atoms with Crippen LogP contribution in [0.25, 0.3) is 0 Å². The third-order valence-corrected chi connectivity index (χ3v) is 6.09. The molecule has 0 saturated carbocycles. The van der Waals surface area contributed by atoms with E-state index in [1.165, 1.54) is 12.1 Å². The normalized spacial score (nSPS) is 21.1. The topological polar surface area (TPSA) is 73.7 Å². The van der Waals surface area contributed by atoms with Crippen LogP contribution >= 0.6 is 11.3 Å². The summed E-state index contributed by atoms with van der Waals surface area (Å²) in [6, 6.07) is 7.20. The summed E-state index contributed by atoms with van der Waals surface area (Å²) in [6.45, 7) is 4.36. The van der Waals surface area contributed by atoms with Gasteiger partial charge in [-0.3, -0.25) is 9.69 Å². The van der Waals surface area contributed by atoms with E-state index < -0.39 is 12.1 Å². The van der Waals surface area contributed by atoms with Crippen LogP contribution in [-0.2, 0) is 22.7 Å². The Hall–Kier alpha value is -2.53. The van der Waals surface area contributed by atoms with Crippen molar-refractivity contribution in [2.75, 3.05) is 6.54 Å². The highest BCUT2D eigenvalue weighted by Gasteiger charge is 2.46. The van der Waals surface area contributed by atoms with Crippen molar-refractivity contribution < 1.29 is 32.3 Å². The molecular formula is C20H21F4N3O3S. The summed E-state index contributed by atoms with van der Waals surface area (Å²) in [6.07, 6.45) is -3.50. The number of amides is 1. The smallest absolute Gasteiger partial charge is 0.475 e. The second-order valence-electron chi connectivity index (χ2n) is 7.41. The van der Waals surface area contributed by atoms with Gasteiger partial charge in [-0.25, -0.2) is 14.2 Å². The minimum Gasteiger partial charge on any atom is -0.475 e. The molecule has 2 fully saturated rings. The van der Waals surface area contributed by atoms with Gasteiger partial charge < -0.3 is 10.0 Å². The number of halogens is 4. The van der Waals surface area contributed by atoms with Gasteiger partial charge in [0.25, 0.3) is 0 Å². The molecule has 2 atom stereocenters. The number of carbonyl (C=O) groups excluding carboxylic acids is 1. The monoisotopic (exact) mass is 459 g/mol. The van der Waals surface area contributed by atoms with Gasteiger partial charge in [-0.15, -0.1) is 11.3 Å². The van der Waals surface area contributed by atoms with Crippen LogP contribution in [-0.4, -0.2) is 56.6 Å². The number of carbonyl (C=O) groups is 2. The maximum absolute atomic E-state index is 13.1. The molecule has 1 amide bonds. The molecule has 2 saturated heterocycles. The summed E-state index contributed by atoms with van der Waals surface area (Å²) in [7, 11) is 0. The van der Waals surface area contributed by atoms with E-state index in [4.69, 9.17) is 9.90 Å². The minimum atomic E-state index is -5.08. The van der Waals surface area contributed by atoms with Crippen molar-refractivity contribution in [3.8, 4) is 0 Å². The second kappa shape index (κ2) is 9.31. The molecule has 2 aliphatic heterocycles. The van der Waals surface area contributed by atoms with Gasteiger partial charge in [0.2, 0.25) is 5.91 Å². The van der Waals surface area contributed by atoms with Gasteiger partial charge in [0.05, 0.1) is 17.2 Å². The van der Waals surface area contributed by atoms with Crippen LogP contribution in [0.5, 0.6) is 0 Å². The van der Waals surface area contributed by atoms with E-state index in [2.05, 4.69) is 9.88 Å². The van der Waals surface area contributed by atoms with E-state index in [-0.39, 0.29) is 23.8 Å². The van der Waals surface area contributed by atoms with Crippen LogP contribution in [0.2, 0.25) is 0 Å². The number of aromatic nitrogens is 1. The highest BCUT2D eigenvalue weighted by Crippen LogP contribution is 2.34. The Morgan fingerprint density at radius 3 is 2.42 bits per heavy atom. The molecule has 2 aromatic rings. The molecule has 11 heteroatoms. The van der Waals surface area contributed by atoms with E-state index >= 15 is 0 Å². The number of likely N-dealkylation sites (tertiary alicyclic amines) is 2. The molecule has 0 bridgehead atoms. The van der Waals surface area contributed by atoms with Crippen molar-refractivity contribution in [1.29, 1.82) is 0 Å². The summed E-state index contributed by atoms with van der Waals surface area (Å²) in [5.41, 5.74) is 2.08. The zero-order valence-corrected chi connectivity index (χ0v) is 17.4. The number of alkyl halides is 3. The van der Waals surface area contributed by atoms with Gasteiger partial charge in [-0.2, -0.15) is 13.2 Å². The Labute approximate surface area is 180 Å². The molecule has 4 rings (SSSR count). The molecular weight excluding hydrogens is 438 g/mol. The Morgan fingerprint density at radius 2 is 1.87 bits per heavy atom. The Bertz CT molecular complexity index is 932. The number of carboxylic acid groups (broad SMARTS) is 1. The first kappa shape index (κ1) is 23.1. The van der Waals surface area contributed by atoms with Gasteiger partial charge in [-0.05, 0) is 31.0 Å². The van der Waals surface area contributed by atoms with E-state index in [9.17, 15) is 22.4 Å². The lowest BCUT2D eigenvalue weighted by atomic mass is 10.1. The van der Waals surface area contributed by atoms with Gasteiger partial charge in [-0.1, -0.05) is 12.1 Å². The zero-order valence-electron chi connectivity index (χ0n) is 16.6. The number of benzene rings is 1. The van der Waals surface area contributed by atoms with Crippen LogP contribution in [0.4, 0.5) is 17.6 Å². The van der Waals surface area contributed by atoms with E-state index in [0.717, 1.165) is 35.8 Å². The first-order valence-corrected chi connectivity index (χ1v) is 10.4. The number of hydrogen-bond acceptors (Lipinski definition) is 5. The van der Waals surface area contributed by atoms with Crippen LogP contribution < -0.4 is 0 Å². The number of rotatable bonds is 4. The Balaban J connectivity index is 0.000000339. The number of carboxylic acids is 1. The number of aryl methyl sites for hydroxylation is 1. The number of hydrogen-bond donors (Lipinski definition) is 1. The van der Waals surface area contributed by atoms with Crippen molar-refractivity contribution in [3.05, 3.63) is 51.7 Å². The number of fused-ring (bicyclic) bond motifs is 1. The van der Waals surface area contributed by atoms with Crippen LogP contribution in [0.1, 0.15) is 29.1 Å². The zero-order chi connectivity index (χ0) is 22.8. The Morgan fingerprint density at radius 1 is 1.23 bits per heavy atom. The molecule has 0 spiro atoms. The van der Waals surface area contributed by atoms with Gasteiger partial charge >= 0.3 is 12.1 Å². The van der Waals surface area contributed by atoms with Crippen molar-refractivity contribution in [2.24, 2.45) is 0 Å². The minimum absolute atomic E-state index is 0.209. The van der Waals surface area contributed by atoms with E-state index in [1.54, 1.807) is 11.3 Å². The van der Waals surface area contributed by atoms with Crippen molar-refractivity contribution in [1.82, 2.24) is 14.8 Å². The lowest BCUT2D eigenvalue weighted by Gasteiger charge is -2.25. The maximum Gasteiger partial charge on any atom is 0.490 e. The first-order chi connectivity index (χ1) is 14.5. The molecule has 3 heterocycles. The van der Waals surface area contributed by atoms with Gasteiger partial charge in [0, 0.05) is 37.0 Å². The predicted octanol–water partition coefficient (Wildman–Crippen LogP) is 3.60. The average molecular weight is 459 g/mol. The van der Waals surface area contributed by atoms with E-state index in [1.807, 2.05) is 29.3 Å². The third kappa shape index (κ3) is 5.79. The number of aliphatic carboxylic acids is 1. The molecule has 1 aromatic heterocycles. The fourth-order valence-electron chi connectivity index (χ4n) is 3.89. The van der Waals surface area contributed by atoms with E-state index in [0.29, 0.717) is 13.0 Å². The fraction of sp³-hybridized carbons (Fsp3) is 0.450. The van der Waals surface area contributed by atoms with Crippen molar-refractivity contribution in [3.63, 3.8) is 0 Å². The lowest BCUT2D eigenvalue weighted by Crippen LogP contribution is -2.36. The maximum atomic E-state index is 13.1. The quantitative estimate of drug-likeness (QED) is 0.708. The van der Waals surface area contributed by atoms with Crippen LogP contribution in [0.15, 0.2) is 29.6 Å². The second-order valence-corrected chi connectivity index (χ2v) is 8.47. The van der Waals surface area contributed by atoms with Gasteiger partial charge in [0.15, 0.2) is 0 Å². The molecule has 0 aliphatic carbocycles. The number of thiazole rings is 1. The largest absolute Gasteiger partial charge is 0.490 e. The molecule has 0 unspecified atom stereocenters. The first-order valence-electron chi connectivity index (χ1n) is 9.53. The molecule has 31 heavy (non-hydrogen) atoms.